The average molecular weight is 483 g/mol. The van der Waals surface area contributed by atoms with Gasteiger partial charge in [0.05, 0.1) is 27.6 Å². The minimum absolute atomic E-state index is 0.700. The minimum atomic E-state index is 0.700. The summed E-state index contributed by atoms with van der Waals surface area (Å²) in [5.41, 5.74) is 5.98. The quantitative estimate of drug-likeness (QED) is 0.235. The number of rotatable bonds is 1. The van der Waals surface area contributed by atoms with Crippen LogP contribution in [0.4, 0.5) is 11.4 Å². The number of hydrogen-bond donors (Lipinski definition) is 0. The molecule has 0 bridgehead atoms. The van der Waals surface area contributed by atoms with Gasteiger partial charge in [-0.05, 0) is 40.4 Å². The summed E-state index contributed by atoms with van der Waals surface area (Å²) in [5, 5.41) is 10.0. The van der Waals surface area contributed by atoms with E-state index in [0.717, 1.165) is 65.5 Å². The largest absolute Gasteiger partial charge is 0.248 e. The van der Waals surface area contributed by atoms with Crippen molar-refractivity contribution in [2.75, 3.05) is 0 Å². The molecule has 0 fully saturated rings. The first-order chi connectivity index (χ1) is 18.8. The maximum Gasteiger partial charge on any atom is 0.160 e. The van der Waals surface area contributed by atoms with Crippen molar-refractivity contribution in [1.29, 1.82) is 0 Å². The third-order valence-corrected chi connectivity index (χ3v) is 7.84. The maximum atomic E-state index is 5.22. The first-order valence-corrected chi connectivity index (χ1v) is 12.7. The lowest BCUT2D eigenvalue weighted by Crippen LogP contribution is -2.01. The van der Waals surface area contributed by atoms with E-state index in [1.54, 1.807) is 0 Å². The SMILES string of the molecule is c1cc2c(c(-c3ncc4c5ccccc5c5ccccc5c4n3)c1)-c1c3c(ccc1=N2)=c1ccccc1=N3. The normalized spacial score (nSPS) is 12.6. The summed E-state index contributed by atoms with van der Waals surface area (Å²) in [6.07, 6.45) is 1.98. The number of fused-ring (bicyclic) bond motifs is 12. The Morgan fingerprint density at radius 2 is 1.21 bits per heavy atom. The molecule has 174 valence electrons. The molecule has 7 aromatic rings. The van der Waals surface area contributed by atoms with Gasteiger partial charge in [0.1, 0.15) is 0 Å². The molecule has 0 saturated carbocycles. The van der Waals surface area contributed by atoms with Gasteiger partial charge in [-0.15, -0.1) is 0 Å². The Labute approximate surface area is 216 Å². The number of nitrogens with zero attached hydrogens (tertiary/aromatic N) is 4. The molecule has 38 heavy (non-hydrogen) atoms. The molecule has 0 amide bonds. The van der Waals surface area contributed by atoms with Crippen molar-refractivity contribution >= 4 is 43.8 Å². The van der Waals surface area contributed by atoms with Crippen LogP contribution in [0.3, 0.4) is 0 Å². The van der Waals surface area contributed by atoms with Gasteiger partial charge < -0.3 is 0 Å². The number of benzene rings is 6. The molecule has 4 nitrogen and oxygen atoms in total. The zero-order valence-electron chi connectivity index (χ0n) is 20.2. The molecule has 1 aromatic heterocycles. The van der Waals surface area contributed by atoms with E-state index in [1.807, 2.05) is 18.3 Å². The van der Waals surface area contributed by atoms with E-state index in [-0.39, 0.29) is 0 Å². The first-order valence-electron chi connectivity index (χ1n) is 12.7. The molecule has 3 heterocycles. The summed E-state index contributed by atoms with van der Waals surface area (Å²) in [4.78, 5) is 20.2. The van der Waals surface area contributed by atoms with Gasteiger partial charge in [0.15, 0.2) is 5.82 Å². The van der Waals surface area contributed by atoms with Gasteiger partial charge in [-0.3, -0.25) is 0 Å². The predicted octanol–water partition coefficient (Wildman–Crippen LogP) is 7.09. The van der Waals surface area contributed by atoms with E-state index in [2.05, 4.69) is 91.0 Å². The second kappa shape index (κ2) is 7.17. The van der Waals surface area contributed by atoms with Gasteiger partial charge in [0.25, 0.3) is 0 Å². The standard InChI is InChI=1S/C34H18N4/c1-2-10-21-19(8-1)20-9-3-4-12-23(20)32-26(21)18-35-34(38-32)25-13-7-15-28-30(25)31-29(36-28)17-16-24-22-11-5-6-14-27(22)37-33(24)31/h1-18H. The van der Waals surface area contributed by atoms with Crippen molar-refractivity contribution in [2.45, 2.75) is 0 Å². The lowest BCUT2D eigenvalue weighted by atomic mass is 9.95. The maximum absolute atomic E-state index is 5.22. The van der Waals surface area contributed by atoms with E-state index in [1.165, 1.54) is 16.2 Å². The van der Waals surface area contributed by atoms with Crippen LogP contribution in [0, 0.1) is 10.4 Å². The first kappa shape index (κ1) is 19.9. The molecule has 0 radical (unpaired) electrons. The zero-order valence-corrected chi connectivity index (χ0v) is 20.2. The Hall–Kier alpha value is -5.22. The summed E-state index contributed by atoms with van der Waals surface area (Å²) >= 11 is 0. The smallest absolute Gasteiger partial charge is 0.160 e. The van der Waals surface area contributed by atoms with Crippen molar-refractivity contribution in [2.24, 2.45) is 9.98 Å². The van der Waals surface area contributed by atoms with Gasteiger partial charge in [0, 0.05) is 44.1 Å². The molecule has 2 aliphatic heterocycles. The van der Waals surface area contributed by atoms with Crippen LogP contribution in [0.5, 0.6) is 0 Å². The Balaban J connectivity index is 1.36. The molecule has 0 atom stereocenters. The molecular weight excluding hydrogens is 464 g/mol. The molecule has 2 aliphatic rings. The Morgan fingerprint density at radius 3 is 2.08 bits per heavy atom. The van der Waals surface area contributed by atoms with Crippen LogP contribution in [0.15, 0.2) is 119 Å². The molecule has 9 rings (SSSR count). The molecule has 0 unspecified atom stereocenters. The summed E-state index contributed by atoms with van der Waals surface area (Å²) in [6.45, 7) is 0. The van der Waals surface area contributed by atoms with Crippen LogP contribution in [-0.2, 0) is 0 Å². The lowest BCUT2D eigenvalue weighted by molar-refractivity contribution is 1.23. The monoisotopic (exact) mass is 482 g/mol. The summed E-state index contributed by atoms with van der Waals surface area (Å²) < 4.78 is 0. The van der Waals surface area contributed by atoms with E-state index in [0.29, 0.717) is 5.82 Å². The highest BCUT2D eigenvalue weighted by atomic mass is 14.9. The number of hydrogen-bond acceptors (Lipinski definition) is 4. The van der Waals surface area contributed by atoms with Crippen molar-refractivity contribution in [1.82, 2.24) is 9.97 Å². The van der Waals surface area contributed by atoms with E-state index < -0.39 is 0 Å². The molecule has 4 heteroatoms. The fourth-order valence-corrected chi connectivity index (χ4v) is 6.18. The second-order valence-electron chi connectivity index (χ2n) is 9.84. The van der Waals surface area contributed by atoms with Crippen molar-refractivity contribution in [3.05, 3.63) is 130 Å². The third-order valence-electron chi connectivity index (χ3n) is 7.84. The van der Waals surface area contributed by atoms with Crippen LogP contribution in [0.25, 0.3) is 55.0 Å². The summed E-state index contributed by atoms with van der Waals surface area (Å²) in [5.74, 6) is 0.700. The van der Waals surface area contributed by atoms with Gasteiger partial charge in [-0.2, -0.15) is 0 Å². The summed E-state index contributed by atoms with van der Waals surface area (Å²) in [6, 6.07) is 35.8. The molecule has 6 aromatic carbocycles. The van der Waals surface area contributed by atoms with Gasteiger partial charge in [0.2, 0.25) is 0 Å². The van der Waals surface area contributed by atoms with E-state index in [9.17, 15) is 0 Å². The van der Waals surface area contributed by atoms with E-state index >= 15 is 0 Å². The molecule has 0 spiro atoms. The predicted molar refractivity (Wildman–Crippen MR) is 151 cm³/mol. The number of aromatic nitrogens is 2. The van der Waals surface area contributed by atoms with Gasteiger partial charge in [-0.25, -0.2) is 20.0 Å². The molecular formula is C34H18N4. The second-order valence-corrected chi connectivity index (χ2v) is 9.84. The fourth-order valence-electron chi connectivity index (χ4n) is 6.18. The molecule has 0 aliphatic carbocycles. The van der Waals surface area contributed by atoms with Crippen LogP contribution in [-0.4, -0.2) is 9.97 Å². The Kier molecular flexibility index (Phi) is 3.76. The fraction of sp³-hybridized carbons (Fsp3) is 0. The molecule has 0 saturated heterocycles. The lowest BCUT2D eigenvalue weighted by Gasteiger charge is -2.12. The third kappa shape index (κ3) is 2.53. The zero-order chi connectivity index (χ0) is 24.8. The van der Waals surface area contributed by atoms with Gasteiger partial charge >= 0.3 is 0 Å². The molecule has 0 N–H and O–H groups in total. The highest BCUT2D eigenvalue weighted by Gasteiger charge is 2.25. The summed E-state index contributed by atoms with van der Waals surface area (Å²) in [7, 11) is 0. The van der Waals surface area contributed by atoms with Crippen LogP contribution in [0.1, 0.15) is 0 Å². The van der Waals surface area contributed by atoms with Crippen LogP contribution < -0.4 is 10.7 Å². The van der Waals surface area contributed by atoms with E-state index in [4.69, 9.17) is 20.0 Å². The van der Waals surface area contributed by atoms with Gasteiger partial charge in [-0.1, -0.05) is 78.9 Å². The van der Waals surface area contributed by atoms with Crippen LogP contribution in [0.2, 0.25) is 0 Å². The number of para-hydroxylation sites is 1. The minimum Gasteiger partial charge on any atom is -0.248 e. The highest BCUT2D eigenvalue weighted by molar-refractivity contribution is 6.24. The van der Waals surface area contributed by atoms with Crippen molar-refractivity contribution in [3.8, 4) is 22.5 Å². The van der Waals surface area contributed by atoms with Crippen molar-refractivity contribution in [3.63, 3.8) is 0 Å². The average Bonchev–Trinajstić information content (AvgIpc) is 3.55. The highest BCUT2D eigenvalue weighted by Crippen LogP contribution is 2.45. The van der Waals surface area contributed by atoms with Crippen molar-refractivity contribution < 1.29 is 0 Å². The van der Waals surface area contributed by atoms with Crippen LogP contribution >= 0.6 is 0 Å². The topological polar surface area (TPSA) is 50.5 Å². The Morgan fingerprint density at radius 1 is 0.474 bits per heavy atom. The Bertz CT molecular complexity index is 2370.